The number of nitrogens with zero attached hydrogens (tertiary/aromatic N) is 1. The molecule has 5 nitrogen and oxygen atoms in total. The molecular weight excluding hydrogens is 254 g/mol. The van der Waals surface area contributed by atoms with E-state index in [1.165, 1.54) is 5.56 Å². The summed E-state index contributed by atoms with van der Waals surface area (Å²) in [7, 11) is 1.77. The third kappa shape index (κ3) is 2.35. The van der Waals surface area contributed by atoms with Gasteiger partial charge in [-0.3, -0.25) is 9.59 Å². The van der Waals surface area contributed by atoms with Crippen molar-refractivity contribution in [3.05, 3.63) is 29.8 Å². The van der Waals surface area contributed by atoms with Crippen molar-refractivity contribution in [2.75, 3.05) is 18.9 Å². The van der Waals surface area contributed by atoms with Gasteiger partial charge in [-0.25, -0.2) is 0 Å². The minimum atomic E-state index is -0.355. The number of likely N-dealkylation sites (tertiary alicyclic amines) is 1. The van der Waals surface area contributed by atoms with E-state index in [-0.39, 0.29) is 23.9 Å². The van der Waals surface area contributed by atoms with E-state index < -0.39 is 0 Å². The predicted octanol–water partition coefficient (Wildman–Crippen LogP) is 0.760. The van der Waals surface area contributed by atoms with E-state index in [4.69, 9.17) is 0 Å². The molecule has 2 amide bonds. The van der Waals surface area contributed by atoms with Crippen molar-refractivity contribution in [2.24, 2.45) is 0 Å². The van der Waals surface area contributed by atoms with Crippen LogP contribution in [0.1, 0.15) is 18.4 Å². The number of hydrogen-bond acceptors (Lipinski definition) is 3. The molecule has 2 N–H and O–H groups in total. The van der Waals surface area contributed by atoms with Gasteiger partial charge in [-0.2, -0.15) is 0 Å². The van der Waals surface area contributed by atoms with Crippen molar-refractivity contribution in [1.82, 2.24) is 10.2 Å². The quantitative estimate of drug-likeness (QED) is 0.836. The molecule has 0 spiro atoms. The van der Waals surface area contributed by atoms with Crippen molar-refractivity contribution < 1.29 is 9.59 Å². The van der Waals surface area contributed by atoms with Crippen molar-refractivity contribution >= 4 is 17.5 Å². The fourth-order valence-corrected chi connectivity index (χ4v) is 2.86. The number of amides is 2. The van der Waals surface area contributed by atoms with Crippen molar-refractivity contribution in [3.63, 3.8) is 0 Å². The summed E-state index contributed by atoms with van der Waals surface area (Å²) in [6.07, 6.45) is 2.35. The van der Waals surface area contributed by atoms with E-state index in [2.05, 4.69) is 16.7 Å². The number of para-hydroxylation sites is 1. The Morgan fingerprint density at radius 3 is 2.90 bits per heavy atom. The molecule has 2 heterocycles. The smallest absolute Gasteiger partial charge is 0.244 e. The molecule has 2 atom stereocenters. The highest BCUT2D eigenvalue weighted by Crippen LogP contribution is 2.24. The summed E-state index contributed by atoms with van der Waals surface area (Å²) in [4.78, 5) is 25.7. The molecule has 2 aliphatic rings. The highest BCUT2D eigenvalue weighted by Gasteiger charge is 2.32. The molecule has 0 radical (unpaired) electrons. The molecule has 0 saturated carbocycles. The van der Waals surface area contributed by atoms with Crippen LogP contribution in [0, 0.1) is 0 Å². The molecule has 2 aliphatic heterocycles. The van der Waals surface area contributed by atoms with E-state index in [9.17, 15) is 9.59 Å². The van der Waals surface area contributed by atoms with Crippen LogP contribution in [0.2, 0.25) is 0 Å². The first-order chi connectivity index (χ1) is 9.65. The third-order valence-corrected chi connectivity index (χ3v) is 4.11. The van der Waals surface area contributed by atoms with Crippen LogP contribution in [-0.4, -0.2) is 42.4 Å². The van der Waals surface area contributed by atoms with Crippen LogP contribution < -0.4 is 10.6 Å². The second-order valence-corrected chi connectivity index (χ2v) is 5.50. The number of fused-ring (bicyclic) bond motifs is 1. The normalized spacial score (nSPS) is 25.1. The Morgan fingerprint density at radius 1 is 1.35 bits per heavy atom. The molecule has 5 heteroatoms. The Hall–Kier alpha value is -2.04. The maximum atomic E-state index is 12.3. The fourth-order valence-electron chi connectivity index (χ4n) is 2.86. The second kappa shape index (κ2) is 5.15. The average Bonchev–Trinajstić information content (AvgIpc) is 2.78. The number of hydrogen-bond donors (Lipinski definition) is 2. The van der Waals surface area contributed by atoms with Crippen LogP contribution in [0.25, 0.3) is 0 Å². The summed E-state index contributed by atoms with van der Waals surface area (Å²) in [6, 6.07) is 7.43. The van der Waals surface area contributed by atoms with E-state index >= 15 is 0 Å². The Kier molecular flexibility index (Phi) is 3.34. The Labute approximate surface area is 118 Å². The molecule has 2 unspecified atom stereocenters. The van der Waals surface area contributed by atoms with Crippen LogP contribution in [0.15, 0.2) is 24.3 Å². The largest absolute Gasteiger partial charge is 0.373 e. The zero-order valence-electron chi connectivity index (χ0n) is 11.6. The van der Waals surface area contributed by atoms with Gasteiger partial charge in [0, 0.05) is 19.3 Å². The lowest BCUT2D eigenvalue weighted by Gasteiger charge is -2.27. The topological polar surface area (TPSA) is 61.4 Å². The van der Waals surface area contributed by atoms with Gasteiger partial charge in [-0.05, 0) is 30.9 Å². The molecule has 1 aromatic rings. The van der Waals surface area contributed by atoms with Gasteiger partial charge in [0.2, 0.25) is 11.8 Å². The van der Waals surface area contributed by atoms with Crippen LogP contribution in [0.4, 0.5) is 5.69 Å². The maximum absolute atomic E-state index is 12.3. The van der Waals surface area contributed by atoms with Gasteiger partial charge in [-0.15, -0.1) is 0 Å². The van der Waals surface area contributed by atoms with Gasteiger partial charge in [-0.1, -0.05) is 18.2 Å². The number of carbonyl (C=O) groups is 2. The number of carbonyl (C=O) groups excluding carboxylic acids is 2. The third-order valence-electron chi connectivity index (χ3n) is 4.11. The molecule has 20 heavy (non-hydrogen) atoms. The molecule has 0 bridgehead atoms. The number of anilines is 1. The van der Waals surface area contributed by atoms with Gasteiger partial charge in [0.1, 0.15) is 12.1 Å². The summed E-state index contributed by atoms with van der Waals surface area (Å²) in [6.45, 7) is 0.713. The number of benzene rings is 1. The first kappa shape index (κ1) is 13.0. The standard InChI is InChI=1S/C15H19N3O2/c1-18-9-8-13(15(18)20)17-14(19)12-7-6-10-4-2-3-5-11(10)16-12/h2-5,12-13,16H,6-9H2,1H3,(H,17,19). The molecule has 1 saturated heterocycles. The van der Waals surface area contributed by atoms with Crippen LogP contribution in [-0.2, 0) is 16.0 Å². The van der Waals surface area contributed by atoms with E-state index in [1.807, 2.05) is 18.2 Å². The van der Waals surface area contributed by atoms with E-state index in [0.29, 0.717) is 13.0 Å². The Bertz CT molecular complexity index is 544. The summed E-state index contributed by atoms with van der Waals surface area (Å²) < 4.78 is 0. The number of nitrogens with one attached hydrogen (secondary N) is 2. The minimum absolute atomic E-state index is 0.00885. The second-order valence-electron chi connectivity index (χ2n) is 5.50. The van der Waals surface area contributed by atoms with Gasteiger partial charge in [0.15, 0.2) is 0 Å². The summed E-state index contributed by atoms with van der Waals surface area (Å²) in [5, 5.41) is 6.13. The lowest BCUT2D eigenvalue weighted by Crippen LogP contribution is -2.48. The van der Waals surface area contributed by atoms with E-state index in [1.54, 1.807) is 11.9 Å². The number of aryl methyl sites for hydroxylation is 1. The van der Waals surface area contributed by atoms with Gasteiger partial charge >= 0.3 is 0 Å². The maximum Gasteiger partial charge on any atom is 0.244 e. The molecule has 1 aromatic carbocycles. The highest BCUT2D eigenvalue weighted by atomic mass is 16.2. The lowest BCUT2D eigenvalue weighted by atomic mass is 9.97. The summed E-state index contributed by atoms with van der Waals surface area (Å²) in [5.74, 6) is -0.0669. The summed E-state index contributed by atoms with van der Waals surface area (Å²) in [5.41, 5.74) is 2.27. The van der Waals surface area contributed by atoms with Crippen LogP contribution in [0.3, 0.4) is 0 Å². The van der Waals surface area contributed by atoms with Gasteiger partial charge in [0.25, 0.3) is 0 Å². The SMILES string of the molecule is CN1CCC(NC(=O)C2CCc3ccccc3N2)C1=O. The van der Waals surface area contributed by atoms with Gasteiger partial charge < -0.3 is 15.5 Å². The Morgan fingerprint density at radius 2 is 2.15 bits per heavy atom. The van der Waals surface area contributed by atoms with Crippen LogP contribution >= 0.6 is 0 Å². The average molecular weight is 273 g/mol. The lowest BCUT2D eigenvalue weighted by molar-refractivity contribution is -0.132. The molecule has 1 fully saturated rings. The molecule has 0 aromatic heterocycles. The zero-order valence-corrected chi connectivity index (χ0v) is 11.6. The molecule has 3 rings (SSSR count). The van der Waals surface area contributed by atoms with Crippen LogP contribution in [0.5, 0.6) is 0 Å². The predicted molar refractivity (Wildman–Crippen MR) is 76.4 cm³/mol. The first-order valence-electron chi connectivity index (χ1n) is 7.05. The van der Waals surface area contributed by atoms with Crippen molar-refractivity contribution in [1.29, 1.82) is 0 Å². The fraction of sp³-hybridized carbons (Fsp3) is 0.467. The molecule has 106 valence electrons. The van der Waals surface area contributed by atoms with Crippen molar-refractivity contribution in [3.8, 4) is 0 Å². The monoisotopic (exact) mass is 273 g/mol. The number of rotatable bonds is 2. The first-order valence-corrected chi connectivity index (χ1v) is 7.05. The highest BCUT2D eigenvalue weighted by molar-refractivity contribution is 5.92. The number of likely N-dealkylation sites (N-methyl/N-ethyl adjacent to an activating group) is 1. The van der Waals surface area contributed by atoms with Crippen molar-refractivity contribution in [2.45, 2.75) is 31.3 Å². The van der Waals surface area contributed by atoms with E-state index in [0.717, 1.165) is 18.5 Å². The zero-order chi connectivity index (χ0) is 14.1. The summed E-state index contributed by atoms with van der Waals surface area (Å²) >= 11 is 0. The minimum Gasteiger partial charge on any atom is -0.373 e. The van der Waals surface area contributed by atoms with Gasteiger partial charge in [0.05, 0.1) is 0 Å². The Balaban J connectivity index is 1.63. The molecular formula is C15H19N3O2. The molecule has 0 aliphatic carbocycles.